The van der Waals surface area contributed by atoms with Crippen molar-refractivity contribution >= 4 is 34.2 Å². The average molecular weight is 590 g/mol. The lowest BCUT2D eigenvalue weighted by Gasteiger charge is -2.31. The van der Waals surface area contributed by atoms with Crippen molar-refractivity contribution in [3.63, 3.8) is 0 Å². The first-order chi connectivity index (χ1) is 20.4. The summed E-state index contributed by atoms with van der Waals surface area (Å²) in [7, 11) is 0. The topological polar surface area (TPSA) is 86.0 Å². The number of hydrogen-bond donors (Lipinski definition) is 1. The van der Waals surface area contributed by atoms with Crippen molar-refractivity contribution in [2.24, 2.45) is 0 Å². The molecule has 0 spiro atoms. The van der Waals surface area contributed by atoms with Crippen LogP contribution >= 0.6 is 11.6 Å². The number of carbonyl (C=O) groups is 1. The summed E-state index contributed by atoms with van der Waals surface area (Å²) in [6.45, 7) is 3.74. The normalized spacial score (nSPS) is 20.3. The van der Waals surface area contributed by atoms with Gasteiger partial charge in [0.1, 0.15) is 18.2 Å². The maximum atomic E-state index is 14.7. The molecule has 1 fully saturated rings. The van der Waals surface area contributed by atoms with Gasteiger partial charge in [-0.2, -0.15) is 0 Å². The zero-order valence-electron chi connectivity index (χ0n) is 22.8. The highest BCUT2D eigenvalue weighted by Gasteiger charge is 2.29. The molecular formula is C32H29ClFN3O5. The van der Waals surface area contributed by atoms with E-state index in [-0.39, 0.29) is 18.3 Å². The Morgan fingerprint density at radius 1 is 1.17 bits per heavy atom. The first-order valence-corrected chi connectivity index (χ1v) is 14.4. The molecular weight excluding hydrogens is 561 g/mol. The molecule has 0 aliphatic carbocycles. The van der Waals surface area contributed by atoms with E-state index >= 15 is 0 Å². The van der Waals surface area contributed by atoms with Crippen LogP contribution in [0, 0.1) is 5.82 Å². The van der Waals surface area contributed by atoms with Gasteiger partial charge in [-0.3, -0.25) is 4.90 Å². The molecule has 216 valence electrons. The Labute approximate surface area is 246 Å². The van der Waals surface area contributed by atoms with Crippen LogP contribution in [0.15, 0.2) is 60.7 Å². The molecule has 2 atom stereocenters. The van der Waals surface area contributed by atoms with Crippen molar-refractivity contribution in [2.45, 2.75) is 38.1 Å². The first-order valence-electron chi connectivity index (χ1n) is 14.1. The molecule has 7 rings (SSSR count). The number of ether oxygens (including phenoxy) is 3. The van der Waals surface area contributed by atoms with Gasteiger partial charge in [0.25, 0.3) is 0 Å². The molecule has 3 aliphatic rings. The van der Waals surface area contributed by atoms with Crippen LogP contribution < -0.4 is 9.47 Å². The van der Waals surface area contributed by atoms with Crippen molar-refractivity contribution < 1.29 is 28.5 Å². The Morgan fingerprint density at radius 2 is 2.05 bits per heavy atom. The van der Waals surface area contributed by atoms with Crippen LogP contribution in [-0.2, 0) is 17.8 Å². The number of aromatic nitrogens is 2. The Bertz CT molecular complexity index is 1720. The molecule has 3 aromatic carbocycles. The van der Waals surface area contributed by atoms with Crippen LogP contribution in [0.25, 0.3) is 16.6 Å². The number of imidazole rings is 1. The van der Waals surface area contributed by atoms with Gasteiger partial charge in [0, 0.05) is 35.8 Å². The molecule has 1 saturated heterocycles. The van der Waals surface area contributed by atoms with Gasteiger partial charge in [0.15, 0.2) is 17.6 Å². The van der Waals surface area contributed by atoms with Crippen molar-refractivity contribution in [2.75, 3.05) is 26.3 Å². The van der Waals surface area contributed by atoms with E-state index < -0.39 is 17.9 Å². The van der Waals surface area contributed by atoms with Crippen molar-refractivity contribution in [3.05, 3.63) is 94.0 Å². The van der Waals surface area contributed by atoms with Crippen LogP contribution in [-0.4, -0.2) is 57.9 Å². The van der Waals surface area contributed by atoms with Gasteiger partial charge < -0.3 is 23.9 Å². The number of halogens is 2. The zero-order valence-corrected chi connectivity index (χ0v) is 23.5. The van der Waals surface area contributed by atoms with Gasteiger partial charge >= 0.3 is 5.97 Å². The standard InChI is InChI=1S/C32H29ClFN3O5/c33-21-5-6-24(25(34)15-21)29-18-41-28-3-1-2-23(31(28)42-29)19-8-11-36(12-9-19)17-30-35-26-7-4-20(32(38)39)14-27(26)37(30)16-22-10-13-40-22/h1-8,14-15,22,29H,9-13,16-18H2,(H,38,39)/t22-,29+/m0/s1. The van der Waals surface area contributed by atoms with Crippen LogP contribution in [0.2, 0.25) is 5.02 Å². The first kappa shape index (κ1) is 26.9. The number of carboxylic acids is 1. The summed E-state index contributed by atoms with van der Waals surface area (Å²) in [6, 6.07) is 15.5. The van der Waals surface area contributed by atoms with Gasteiger partial charge in [-0.25, -0.2) is 14.2 Å². The van der Waals surface area contributed by atoms with Gasteiger partial charge in [-0.1, -0.05) is 35.9 Å². The van der Waals surface area contributed by atoms with Gasteiger partial charge in [-0.05, 0) is 54.8 Å². The fourth-order valence-electron chi connectivity index (χ4n) is 5.82. The Kier molecular flexibility index (Phi) is 7.09. The smallest absolute Gasteiger partial charge is 0.335 e. The fraction of sp³-hybridized carbons (Fsp3) is 0.312. The molecule has 0 bridgehead atoms. The maximum absolute atomic E-state index is 14.7. The van der Waals surface area contributed by atoms with Crippen LogP contribution in [0.4, 0.5) is 4.39 Å². The highest BCUT2D eigenvalue weighted by atomic mass is 35.5. The van der Waals surface area contributed by atoms with Gasteiger partial charge in [0.2, 0.25) is 0 Å². The fourth-order valence-corrected chi connectivity index (χ4v) is 5.98. The summed E-state index contributed by atoms with van der Waals surface area (Å²) in [5, 5.41) is 9.86. The summed E-state index contributed by atoms with van der Waals surface area (Å²) in [4.78, 5) is 18.8. The van der Waals surface area contributed by atoms with Crippen molar-refractivity contribution in [3.8, 4) is 11.5 Å². The number of hydrogen-bond acceptors (Lipinski definition) is 6. The van der Waals surface area contributed by atoms with E-state index in [4.69, 9.17) is 30.8 Å². The summed E-state index contributed by atoms with van der Waals surface area (Å²) >= 11 is 5.95. The number of rotatable bonds is 7. The largest absolute Gasteiger partial charge is 0.485 e. The summed E-state index contributed by atoms with van der Waals surface area (Å²) < 4.78 is 34.8. The van der Waals surface area contributed by atoms with E-state index in [0.29, 0.717) is 41.7 Å². The highest BCUT2D eigenvalue weighted by molar-refractivity contribution is 6.30. The zero-order chi connectivity index (χ0) is 28.8. The molecule has 1 aromatic heterocycles. The monoisotopic (exact) mass is 589 g/mol. The second-order valence-electron chi connectivity index (χ2n) is 10.9. The maximum Gasteiger partial charge on any atom is 0.335 e. The third-order valence-electron chi connectivity index (χ3n) is 8.20. The molecule has 0 unspecified atom stereocenters. The second-order valence-corrected chi connectivity index (χ2v) is 11.3. The molecule has 0 saturated carbocycles. The minimum Gasteiger partial charge on any atom is -0.485 e. The molecule has 4 aromatic rings. The molecule has 8 nitrogen and oxygen atoms in total. The molecule has 42 heavy (non-hydrogen) atoms. The van der Waals surface area contributed by atoms with E-state index in [1.807, 2.05) is 18.2 Å². The highest BCUT2D eigenvalue weighted by Crippen LogP contribution is 2.43. The SMILES string of the molecule is O=C(O)c1ccc2nc(CN3CC=C(c4cccc5c4O[C@@H](c4ccc(Cl)cc4F)CO5)CC3)n(C[C@@H]3CCO3)c2c1. The van der Waals surface area contributed by atoms with Gasteiger partial charge in [-0.15, -0.1) is 0 Å². The predicted molar refractivity (Wildman–Crippen MR) is 156 cm³/mol. The molecule has 0 radical (unpaired) electrons. The lowest BCUT2D eigenvalue weighted by Crippen LogP contribution is -2.33. The molecule has 1 N–H and O–H groups in total. The lowest BCUT2D eigenvalue weighted by atomic mass is 9.97. The number of aromatic carboxylic acids is 1. The van der Waals surface area contributed by atoms with E-state index in [9.17, 15) is 14.3 Å². The summed E-state index contributed by atoms with van der Waals surface area (Å²) in [5.74, 6) is 0.788. The number of benzene rings is 3. The van der Waals surface area contributed by atoms with Crippen LogP contribution in [0.5, 0.6) is 11.5 Å². The number of carboxylic acid groups (broad SMARTS) is 1. The molecule has 4 heterocycles. The van der Waals surface area contributed by atoms with E-state index in [2.05, 4.69) is 15.5 Å². The van der Waals surface area contributed by atoms with E-state index in [1.54, 1.807) is 30.3 Å². The van der Waals surface area contributed by atoms with Crippen LogP contribution in [0.1, 0.15) is 46.3 Å². The average Bonchev–Trinajstić information content (AvgIpc) is 3.30. The van der Waals surface area contributed by atoms with E-state index in [0.717, 1.165) is 54.0 Å². The Morgan fingerprint density at radius 3 is 2.79 bits per heavy atom. The third-order valence-corrected chi connectivity index (χ3v) is 8.43. The third kappa shape index (κ3) is 5.12. The second kappa shape index (κ2) is 11.1. The number of fused-ring (bicyclic) bond motifs is 2. The minimum absolute atomic E-state index is 0.110. The summed E-state index contributed by atoms with van der Waals surface area (Å²) in [6.07, 6.45) is 3.49. The predicted octanol–water partition coefficient (Wildman–Crippen LogP) is 6.12. The van der Waals surface area contributed by atoms with Crippen LogP contribution in [0.3, 0.4) is 0 Å². The lowest BCUT2D eigenvalue weighted by molar-refractivity contribution is -0.0591. The van der Waals surface area contributed by atoms with Crippen molar-refractivity contribution in [1.82, 2.24) is 14.5 Å². The van der Waals surface area contributed by atoms with Crippen molar-refractivity contribution in [1.29, 1.82) is 0 Å². The summed E-state index contributed by atoms with van der Waals surface area (Å²) in [5.41, 5.74) is 4.34. The Hall–Kier alpha value is -3.92. The minimum atomic E-state index is -0.957. The Balaban J connectivity index is 1.12. The number of para-hydroxylation sites is 1. The quantitative estimate of drug-likeness (QED) is 0.278. The molecule has 0 amide bonds. The number of nitrogens with zero attached hydrogens (tertiary/aromatic N) is 3. The molecule has 3 aliphatic heterocycles. The van der Waals surface area contributed by atoms with E-state index in [1.165, 1.54) is 6.07 Å². The molecule has 10 heteroatoms. The van der Waals surface area contributed by atoms with Gasteiger partial charge in [0.05, 0.1) is 35.8 Å².